The van der Waals surface area contributed by atoms with Crippen molar-refractivity contribution >= 4 is 16.7 Å². The standard InChI is InChI=1S/C29H34F6N2O3/c1-17-24-10-3-20(27(38)39)16-37(24)13-12-36(17)15-18-2-9-23-19(14-18)4-11-25(26(23)29(33,34)35)40-22-7-5-21(6-8-22)28(30,31)32/h2,4,9,11,14,17,20-22,24H,3,5-8,10,12-13,15-16H2,1H3,(H,38,39)/t17?,20-,21?,22?,24-/m1/s1. The molecule has 2 aromatic carbocycles. The second-order valence-corrected chi connectivity index (χ2v) is 11.5. The third-order valence-electron chi connectivity index (χ3n) is 9.04. The van der Waals surface area contributed by atoms with Gasteiger partial charge in [-0.1, -0.05) is 18.2 Å². The second kappa shape index (κ2) is 11.0. The first kappa shape index (κ1) is 29.0. The lowest BCUT2D eigenvalue weighted by Crippen LogP contribution is -2.61. The van der Waals surface area contributed by atoms with Crippen LogP contribution >= 0.6 is 0 Å². The molecule has 2 aliphatic heterocycles. The van der Waals surface area contributed by atoms with E-state index in [2.05, 4.69) is 16.7 Å². The Balaban J connectivity index is 1.31. The zero-order chi connectivity index (χ0) is 28.8. The van der Waals surface area contributed by atoms with E-state index < -0.39 is 35.9 Å². The van der Waals surface area contributed by atoms with Gasteiger partial charge < -0.3 is 9.84 Å². The Morgan fingerprint density at radius 1 is 0.975 bits per heavy atom. The van der Waals surface area contributed by atoms with Crippen molar-refractivity contribution in [1.82, 2.24) is 9.80 Å². The van der Waals surface area contributed by atoms with Crippen molar-refractivity contribution < 1.29 is 41.0 Å². The third kappa shape index (κ3) is 6.05. The molecule has 2 saturated heterocycles. The summed E-state index contributed by atoms with van der Waals surface area (Å²) in [7, 11) is 0. The van der Waals surface area contributed by atoms with Gasteiger partial charge in [0.05, 0.1) is 17.9 Å². The predicted molar refractivity (Wildman–Crippen MR) is 137 cm³/mol. The number of piperidine rings is 1. The third-order valence-corrected chi connectivity index (χ3v) is 9.04. The number of ether oxygens (including phenoxy) is 1. The second-order valence-electron chi connectivity index (χ2n) is 11.5. The Kier molecular flexibility index (Phi) is 8.00. The van der Waals surface area contributed by atoms with Gasteiger partial charge in [-0.3, -0.25) is 14.6 Å². The molecule has 2 heterocycles. The maximum atomic E-state index is 14.2. The summed E-state index contributed by atoms with van der Waals surface area (Å²) >= 11 is 0. The first-order chi connectivity index (χ1) is 18.8. The minimum atomic E-state index is -4.70. The molecule has 1 N–H and O–H groups in total. The molecule has 1 saturated carbocycles. The molecule has 3 fully saturated rings. The molecule has 2 aromatic rings. The summed E-state index contributed by atoms with van der Waals surface area (Å²) in [5.74, 6) is -2.88. The van der Waals surface area contributed by atoms with Gasteiger partial charge in [0.25, 0.3) is 0 Å². The van der Waals surface area contributed by atoms with Gasteiger partial charge in [0.2, 0.25) is 0 Å². The van der Waals surface area contributed by atoms with E-state index in [1.165, 1.54) is 12.1 Å². The number of carboxylic acid groups (broad SMARTS) is 1. The number of halogens is 6. The number of alkyl halides is 6. The fourth-order valence-corrected chi connectivity index (χ4v) is 6.77. The van der Waals surface area contributed by atoms with Crippen LogP contribution in [0.3, 0.4) is 0 Å². The molecular formula is C29H34F6N2O3. The maximum Gasteiger partial charge on any atom is 0.420 e. The van der Waals surface area contributed by atoms with Crippen molar-refractivity contribution in [3.63, 3.8) is 0 Å². The molecule has 0 spiro atoms. The zero-order valence-electron chi connectivity index (χ0n) is 22.3. The van der Waals surface area contributed by atoms with Gasteiger partial charge in [-0.15, -0.1) is 0 Å². The van der Waals surface area contributed by atoms with E-state index in [0.717, 1.165) is 25.1 Å². The van der Waals surface area contributed by atoms with Crippen LogP contribution in [0.2, 0.25) is 0 Å². The molecule has 11 heteroatoms. The molecule has 0 aromatic heterocycles. The molecule has 1 unspecified atom stereocenters. The highest BCUT2D eigenvalue weighted by molar-refractivity contribution is 5.89. The van der Waals surface area contributed by atoms with Crippen molar-refractivity contribution in [1.29, 1.82) is 0 Å². The van der Waals surface area contributed by atoms with Gasteiger partial charge in [0.15, 0.2) is 0 Å². The first-order valence-corrected chi connectivity index (χ1v) is 13.9. The number of rotatable bonds is 5. The van der Waals surface area contributed by atoms with Crippen molar-refractivity contribution in [2.24, 2.45) is 11.8 Å². The van der Waals surface area contributed by atoms with Crippen LogP contribution in [-0.2, 0) is 17.5 Å². The quantitative estimate of drug-likeness (QED) is 0.403. The molecule has 40 heavy (non-hydrogen) atoms. The summed E-state index contributed by atoms with van der Waals surface area (Å²) in [6, 6.07) is 8.19. The summed E-state index contributed by atoms with van der Waals surface area (Å²) in [6.45, 7) is 4.70. The Hall–Kier alpha value is -2.53. The normalized spacial score (nSPS) is 28.8. The van der Waals surface area contributed by atoms with Crippen LogP contribution in [0.5, 0.6) is 5.75 Å². The van der Waals surface area contributed by atoms with Gasteiger partial charge >= 0.3 is 18.3 Å². The summed E-state index contributed by atoms with van der Waals surface area (Å²) in [5, 5.41) is 9.81. The number of hydrogen-bond donors (Lipinski definition) is 1. The van der Waals surface area contributed by atoms with Gasteiger partial charge in [0.1, 0.15) is 11.3 Å². The molecule has 0 amide bonds. The van der Waals surface area contributed by atoms with E-state index in [0.29, 0.717) is 24.9 Å². The van der Waals surface area contributed by atoms with Crippen molar-refractivity contribution in [3.8, 4) is 5.75 Å². The van der Waals surface area contributed by atoms with E-state index in [9.17, 15) is 36.2 Å². The number of piperazine rings is 1. The summed E-state index contributed by atoms with van der Waals surface area (Å²) in [4.78, 5) is 16.0. The number of aliphatic carboxylic acids is 1. The lowest BCUT2D eigenvalue weighted by molar-refractivity contribution is -0.185. The highest BCUT2D eigenvalue weighted by Gasteiger charge is 2.43. The van der Waals surface area contributed by atoms with Crippen LogP contribution in [0.1, 0.15) is 56.6 Å². The minimum Gasteiger partial charge on any atom is -0.490 e. The fourth-order valence-electron chi connectivity index (χ4n) is 6.77. The van der Waals surface area contributed by atoms with Crippen LogP contribution in [-0.4, -0.2) is 64.9 Å². The molecule has 0 radical (unpaired) electrons. The Bertz CT molecular complexity index is 1220. The number of hydrogen-bond acceptors (Lipinski definition) is 4. The predicted octanol–water partition coefficient (Wildman–Crippen LogP) is 6.73. The SMILES string of the molecule is CC1[C@H]2CC[C@@H](C(=O)O)CN2CCN1Cc1ccc2c(C(F)(F)F)c(OC3CCC(C(F)(F)F)CC3)ccc2c1. The maximum absolute atomic E-state index is 14.2. The fraction of sp³-hybridized carbons (Fsp3) is 0.621. The first-order valence-electron chi connectivity index (χ1n) is 13.9. The summed E-state index contributed by atoms with van der Waals surface area (Å²) in [6.07, 6.45) is -8.44. The lowest BCUT2D eigenvalue weighted by Gasteiger charge is -2.49. The number of carboxylic acids is 1. The highest BCUT2D eigenvalue weighted by atomic mass is 19.4. The topological polar surface area (TPSA) is 53.0 Å². The van der Waals surface area contributed by atoms with Gasteiger partial charge in [0, 0.05) is 38.3 Å². The van der Waals surface area contributed by atoms with E-state index in [1.807, 2.05) is 0 Å². The molecule has 1 aliphatic carbocycles. The van der Waals surface area contributed by atoms with Gasteiger partial charge in [-0.05, 0) is 73.9 Å². The van der Waals surface area contributed by atoms with Crippen LogP contribution in [0.25, 0.3) is 10.8 Å². The molecule has 3 atom stereocenters. The molecular weight excluding hydrogens is 538 g/mol. The largest absolute Gasteiger partial charge is 0.490 e. The van der Waals surface area contributed by atoms with E-state index >= 15 is 0 Å². The number of fused-ring (bicyclic) bond motifs is 2. The molecule has 5 nitrogen and oxygen atoms in total. The molecule has 0 bridgehead atoms. The Morgan fingerprint density at radius 2 is 1.70 bits per heavy atom. The van der Waals surface area contributed by atoms with Crippen LogP contribution < -0.4 is 4.74 Å². The zero-order valence-corrected chi connectivity index (χ0v) is 22.3. The average Bonchev–Trinajstić information content (AvgIpc) is 2.89. The average molecular weight is 573 g/mol. The molecule has 3 aliphatic rings. The van der Waals surface area contributed by atoms with Crippen molar-refractivity contribution in [2.75, 3.05) is 19.6 Å². The molecule has 5 rings (SSSR count). The highest BCUT2D eigenvalue weighted by Crippen LogP contribution is 2.44. The van der Waals surface area contributed by atoms with Crippen molar-refractivity contribution in [2.45, 2.75) is 82.5 Å². The van der Waals surface area contributed by atoms with E-state index in [1.54, 1.807) is 18.2 Å². The monoisotopic (exact) mass is 572 g/mol. The lowest BCUT2D eigenvalue weighted by atomic mass is 9.87. The molecule has 220 valence electrons. The summed E-state index contributed by atoms with van der Waals surface area (Å²) < 4.78 is 87.4. The Morgan fingerprint density at radius 3 is 2.35 bits per heavy atom. The smallest absolute Gasteiger partial charge is 0.420 e. The van der Waals surface area contributed by atoms with Gasteiger partial charge in [-0.2, -0.15) is 26.3 Å². The van der Waals surface area contributed by atoms with Crippen LogP contribution in [0.4, 0.5) is 26.3 Å². The number of benzene rings is 2. The number of nitrogens with zero attached hydrogens (tertiary/aromatic N) is 2. The Labute approximate surface area is 229 Å². The van der Waals surface area contributed by atoms with Gasteiger partial charge in [-0.25, -0.2) is 0 Å². The van der Waals surface area contributed by atoms with Crippen LogP contribution in [0.15, 0.2) is 30.3 Å². The number of carbonyl (C=O) groups is 1. The van der Waals surface area contributed by atoms with Crippen molar-refractivity contribution in [3.05, 3.63) is 41.5 Å². The van der Waals surface area contributed by atoms with E-state index in [4.69, 9.17) is 4.74 Å². The van der Waals surface area contributed by atoms with Crippen LogP contribution in [0, 0.1) is 11.8 Å². The van der Waals surface area contributed by atoms with E-state index in [-0.39, 0.29) is 54.8 Å². The summed E-state index contributed by atoms with van der Waals surface area (Å²) in [5.41, 5.74) is -0.0223. The minimum absolute atomic E-state index is 0.00240.